The van der Waals surface area contributed by atoms with Crippen LogP contribution >= 0.6 is 15.9 Å². The zero-order valence-corrected chi connectivity index (χ0v) is 19.2. The fraction of sp³-hybridized carbons (Fsp3) is 0.455. The topological polar surface area (TPSA) is 75.9 Å². The van der Waals surface area contributed by atoms with Crippen LogP contribution < -0.4 is 15.8 Å². The van der Waals surface area contributed by atoms with Crippen molar-refractivity contribution in [1.29, 1.82) is 0 Å². The van der Waals surface area contributed by atoms with Crippen LogP contribution in [0.5, 0.6) is 0 Å². The van der Waals surface area contributed by atoms with E-state index < -0.39 is 0 Å². The predicted molar refractivity (Wildman–Crippen MR) is 125 cm³/mol. The van der Waals surface area contributed by atoms with Crippen molar-refractivity contribution < 1.29 is 0 Å². The van der Waals surface area contributed by atoms with Crippen LogP contribution in [-0.4, -0.2) is 32.6 Å². The van der Waals surface area contributed by atoms with E-state index in [-0.39, 0.29) is 11.6 Å². The number of nitrogens with one attached hydrogen (secondary N) is 1. The van der Waals surface area contributed by atoms with Gasteiger partial charge in [0.1, 0.15) is 11.5 Å². The van der Waals surface area contributed by atoms with Crippen molar-refractivity contribution in [2.75, 3.05) is 23.3 Å². The molecule has 3 aromatic heterocycles. The lowest BCUT2D eigenvalue weighted by atomic mass is 10.1. The van der Waals surface area contributed by atoms with Crippen molar-refractivity contribution in [1.82, 2.24) is 19.5 Å². The van der Waals surface area contributed by atoms with Gasteiger partial charge in [-0.05, 0) is 67.2 Å². The molecule has 30 heavy (non-hydrogen) atoms. The minimum Gasteiger partial charge on any atom is -0.371 e. The van der Waals surface area contributed by atoms with Crippen LogP contribution in [0.15, 0.2) is 33.8 Å². The lowest BCUT2D eigenvalue weighted by molar-refractivity contribution is 0.514. The Hall–Kier alpha value is -2.48. The second-order valence-corrected chi connectivity index (χ2v) is 8.48. The summed E-state index contributed by atoms with van der Waals surface area (Å²) in [5, 5.41) is 4.08. The minimum absolute atomic E-state index is 0.0155. The van der Waals surface area contributed by atoms with Gasteiger partial charge in [-0.3, -0.25) is 9.36 Å². The maximum Gasteiger partial charge on any atom is 0.267 e. The van der Waals surface area contributed by atoms with Crippen molar-refractivity contribution >= 4 is 44.4 Å². The quantitative estimate of drug-likeness (QED) is 0.548. The molecule has 0 radical (unpaired) electrons. The summed E-state index contributed by atoms with van der Waals surface area (Å²) in [5.74, 6) is 1.12. The smallest absolute Gasteiger partial charge is 0.267 e. The zero-order chi connectivity index (χ0) is 21.3. The summed E-state index contributed by atoms with van der Waals surface area (Å²) in [6.45, 7) is 8.06. The Kier molecular flexibility index (Phi) is 6.04. The monoisotopic (exact) mass is 470 g/mol. The molecule has 0 aliphatic heterocycles. The van der Waals surface area contributed by atoms with Gasteiger partial charge in [0.05, 0.1) is 16.4 Å². The molecule has 0 amide bonds. The zero-order valence-electron chi connectivity index (χ0n) is 17.7. The van der Waals surface area contributed by atoms with Crippen LogP contribution in [0.4, 0.5) is 17.5 Å². The molecule has 3 aromatic rings. The second-order valence-electron chi connectivity index (χ2n) is 7.68. The third kappa shape index (κ3) is 3.80. The summed E-state index contributed by atoms with van der Waals surface area (Å²) in [7, 11) is 0. The van der Waals surface area contributed by atoms with E-state index in [1.807, 2.05) is 29.8 Å². The van der Waals surface area contributed by atoms with Crippen molar-refractivity contribution in [3.05, 3.63) is 44.9 Å². The van der Waals surface area contributed by atoms with Gasteiger partial charge in [0.15, 0.2) is 0 Å². The molecular formula is C22H27BrN6O. The number of nitrogens with zero attached hydrogens (tertiary/aromatic N) is 5. The Morgan fingerprint density at radius 1 is 1.17 bits per heavy atom. The molecule has 1 fully saturated rings. The molecule has 158 valence electrons. The van der Waals surface area contributed by atoms with E-state index in [4.69, 9.17) is 4.98 Å². The first-order valence-electron chi connectivity index (χ1n) is 10.6. The maximum atomic E-state index is 13.0. The van der Waals surface area contributed by atoms with Gasteiger partial charge in [-0.1, -0.05) is 12.8 Å². The molecule has 0 bridgehead atoms. The van der Waals surface area contributed by atoms with E-state index in [0.717, 1.165) is 55.4 Å². The van der Waals surface area contributed by atoms with Crippen LogP contribution in [0.3, 0.4) is 0 Å². The fourth-order valence-electron chi connectivity index (χ4n) is 4.21. The first-order chi connectivity index (χ1) is 14.5. The molecule has 8 heteroatoms. The molecule has 0 saturated heterocycles. The number of anilines is 3. The first-order valence-corrected chi connectivity index (χ1v) is 11.4. The SMILES string of the molecule is CCN(CC)c1ccc(Nc2ncc3c(C)c(Br)c(=O)n(C4CCCC4)c3n2)nc1. The highest BCUT2D eigenvalue weighted by Gasteiger charge is 2.23. The van der Waals surface area contributed by atoms with Crippen molar-refractivity contribution in [3.8, 4) is 0 Å². The van der Waals surface area contributed by atoms with Gasteiger partial charge < -0.3 is 10.2 Å². The predicted octanol–water partition coefficient (Wildman–Crippen LogP) is 4.96. The number of aromatic nitrogens is 4. The van der Waals surface area contributed by atoms with Gasteiger partial charge in [-0.25, -0.2) is 9.97 Å². The molecular weight excluding hydrogens is 444 g/mol. The van der Waals surface area contributed by atoms with Gasteiger partial charge in [0, 0.05) is 30.7 Å². The summed E-state index contributed by atoms with van der Waals surface area (Å²) in [6.07, 6.45) is 7.94. The first kappa shape index (κ1) is 20.8. The molecule has 4 rings (SSSR count). The molecule has 1 N–H and O–H groups in total. The van der Waals surface area contributed by atoms with Gasteiger partial charge in [0.25, 0.3) is 5.56 Å². The highest BCUT2D eigenvalue weighted by molar-refractivity contribution is 9.10. The Labute approximate surface area is 184 Å². The van der Waals surface area contributed by atoms with Gasteiger partial charge in [-0.15, -0.1) is 0 Å². The van der Waals surface area contributed by atoms with Crippen molar-refractivity contribution in [2.24, 2.45) is 0 Å². The highest BCUT2D eigenvalue weighted by atomic mass is 79.9. The molecule has 0 spiro atoms. The summed E-state index contributed by atoms with van der Waals surface area (Å²) in [5.41, 5.74) is 2.63. The second kappa shape index (κ2) is 8.71. The number of fused-ring (bicyclic) bond motifs is 1. The molecule has 1 aliphatic rings. The van der Waals surface area contributed by atoms with E-state index in [0.29, 0.717) is 21.9 Å². The average Bonchev–Trinajstić information content (AvgIpc) is 3.29. The van der Waals surface area contributed by atoms with Crippen molar-refractivity contribution in [3.63, 3.8) is 0 Å². The molecule has 1 aliphatic carbocycles. The Morgan fingerprint density at radius 3 is 2.53 bits per heavy atom. The number of hydrogen-bond donors (Lipinski definition) is 1. The standard InChI is InChI=1S/C22H27BrN6O/c1-4-28(5-2)16-10-11-18(24-12-16)26-22-25-13-17-14(3)19(23)21(30)29(20(17)27-22)15-8-6-7-9-15/h10-13,15H,4-9H2,1-3H3,(H,24,25,26,27). The summed E-state index contributed by atoms with van der Waals surface area (Å²) < 4.78 is 2.45. The normalized spacial score (nSPS) is 14.4. The maximum absolute atomic E-state index is 13.0. The lowest BCUT2D eigenvalue weighted by Gasteiger charge is -2.20. The third-order valence-electron chi connectivity index (χ3n) is 5.94. The Bertz CT molecular complexity index is 1100. The molecule has 1 saturated carbocycles. The van der Waals surface area contributed by atoms with Gasteiger partial charge >= 0.3 is 0 Å². The summed E-state index contributed by atoms with van der Waals surface area (Å²) in [6, 6.07) is 4.16. The van der Waals surface area contributed by atoms with E-state index in [2.05, 4.69) is 50.0 Å². The van der Waals surface area contributed by atoms with Crippen LogP contribution in [0.1, 0.15) is 51.1 Å². The van der Waals surface area contributed by atoms with Crippen LogP contribution in [-0.2, 0) is 0 Å². The third-order valence-corrected chi connectivity index (χ3v) is 6.88. The molecule has 0 unspecified atom stereocenters. The molecule has 3 heterocycles. The van der Waals surface area contributed by atoms with E-state index in [1.54, 1.807) is 6.20 Å². The Morgan fingerprint density at radius 2 is 1.90 bits per heavy atom. The molecule has 7 nitrogen and oxygen atoms in total. The number of aryl methyl sites for hydroxylation is 1. The number of halogens is 1. The molecule has 0 aromatic carbocycles. The van der Waals surface area contributed by atoms with Gasteiger partial charge in [-0.2, -0.15) is 4.98 Å². The van der Waals surface area contributed by atoms with E-state index >= 15 is 0 Å². The number of rotatable bonds is 6. The highest BCUT2D eigenvalue weighted by Crippen LogP contribution is 2.32. The van der Waals surface area contributed by atoms with Crippen LogP contribution in [0.2, 0.25) is 0 Å². The van der Waals surface area contributed by atoms with E-state index in [9.17, 15) is 4.79 Å². The Balaban J connectivity index is 1.71. The summed E-state index contributed by atoms with van der Waals surface area (Å²) in [4.78, 5) is 29.0. The lowest BCUT2D eigenvalue weighted by Crippen LogP contribution is -2.26. The van der Waals surface area contributed by atoms with Crippen molar-refractivity contribution in [2.45, 2.75) is 52.5 Å². The van der Waals surface area contributed by atoms with E-state index in [1.165, 1.54) is 0 Å². The van der Waals surface area contributed by atoms with Crippen LogP contribution in [0, 0.1) is 6.92 Å². The summed E-state index contributed by atoms with van der Waals surface area (Å²) >= 11 is 3.48. The van der Waals surface area contributed by atoms with Gasteiger partial charge in [0.2, 0.25) is 5.95 Å². The number of pyridine rings is 2. The average molecular weight is 471 g/mol. The minimum atomic E-state index is -0.0155. The fourth-order valence-corrected chi connectivity index (χ4v) is 4.62. The number of hydrogen-bond acceptors (Lipinski definition) is 6. The largest absolute Gasteiger partial charge is 0.371 e. The van der Waals surface area contributed by atoms with Crippen LogP contribution in [0.25, 0.3) is 11.0 Å². The molecule has 0 atom stereocenters.